The number of ether oxygens (including phenoxy) is 1. The number of nitrogens with zero attached hydrogens (tertiary/aromatic N) is 2. The van der Waals surface area contributed by atoms with Crippen LogP contribution in [-0.4, -0.2) is 36.1 Å². The number of rotatable bonds is 4. The van der Waals surface area contributed by atoms with Gasteiger partial charge in [0.05, 0.1) is 12.8 Å². The van der Waals surface area contributed by atoms with Crippen molar-refractivity contribution in [2.45, 2.75) is 32.4 Å². The molecule has 1 unspecified atom stereocenters. The lowest BCUT2D eigenvalue weighted by atomic mass is 10.2. The first kappa shape index (κ1) is 12.3. The van der Waals surface area contributed by atoms with E-state index in [-0.39, 0.29) is 0 Å². The molecule has 17 heavy (non-hydrogen) atoms. The average molecular weight is 235 g/mol. The minimum Gasteiger partial charge on any atom is -0.497 e. The van der Waals surface area contributed by atoms with Crippen LogP contribution in [0.3, 0.4) is 0 Å². The Labute approximate surface area is 103 Å². The molecule has 2 N–H and O–H groups in total. The van der Waals surface area contributed by atoms with Gasteiger partial charge in [0.25, 0.3) is 0 Å². The van der Waals surface area contributed by atoms with Crippen LogP contribution in [-0.2, 0) is 6.54 Å². The predicted octanol–water partition coefficient (Wildman–Crippen LogP) is 1.32. The Kier molecular flexibility index (Phi) is 3.97. The van der Waals surface area contributed by atoms with Crippen LogP contribution < -0.4 is 10.5 Å². The second kappa shape index (κ2) is 5.47. The number of pyridine rings is 1. The second-order valence-corrected chi connectivity index (χ2v) is 4.64. The molecule has 0 radical (unpaired) electrons. The maximum Gasteiger partial charge on any atom is 0.122 e. The van der Waals surface area contributed by atoms with Crippen LogP contribution in [0.5, 0.6) is 5.75 Å². The molecule has 1 saturated heterocycles. The van der Waals surface area contributed by atoms with Crippen molar-refractivity contribution in [3.05, 3.63) is 23.5 Å². The minimum absolute atomic E-state index is 0.517. The molecule has 0 bridgehead atoms. The summed E-state index contributed by atoms with van der Waals surface area (Å²) in [5.74, 6) is 0.885. The molecule has 2 rings (SSSR count). The molecule has 1 aromatic heterocycles. The third-order valence-corrected chi connectivity index (χ3v) is 3.35. The van der Waals surface area contributed by atoms with E-state index in [0.717, 1.165) is 36.8 Å². The Morgan fingerprint density at radius 2 is 2.35 bits per heavy atom. The van der Waals surface area contributed by atoms with Crippen LogP contribution in [0.25, 0.3) is 0 Å². The summed E-state index contributed by atoms with van der Waals surface area (Å²) in [6.07, 6.45) is 2.45. The highest BCUT2D eigenvalue weighted by Gasteiger charge is 2.23. The van der Waals surface area contributed by atoms with E-state index in [1.165, 1.54) is 12.8 Å². The third-order valence-electron chi connectivity index (χ3n) is 3.35. The number of likely N-dealkylation sites (tertiary alicyclic amines) is 1. The van der Waals surface area contributed by atoms with Crippen molar-refractivity contribution in [1.82, 2.24) is 9.88 Å². The second-order valence-electron chi connectivity index (χ2n) is 4.64. The molecule has 4 nitrogen and oxygen atoms in total. The fourth-order valence-corrected chi connectivity index (χ4v) is 2.48. The van der Waals surface area contributed by atoms with Crippen LogP contribution in [0.2, 0.25) is 0 Å². The summed E-state index contributed by atoms with van der Waals surface area (Å²) in [7, 11) is 1.69. The highest BCUT2D eigenvalue weighted by molar-refractivity contribution is 5.26. The monoisotopic (exact) mass is 235 g/mol. The standard InChI is InChI=1S/C13H21N3O/c1-10-6-13(17-2)7-11(15-10)9-16-5-3-4-12(16)8-14/h6-7,12H,3-5,8-9,14H2,1-2H3. The lowest BCUT2D eigenvalue weighted by Crippen LogP contribution is -2.35. The molecule has 0 aromatic carbocycles. The summed E-state index contributed by atoms with van der Waals surface area (Å²) in [6, 6.07) is 4.48. The fraction of sp³-hybridized carbons (Fsp3) is 0.615. The van der Waals surface area contributed by atoms with Gasteiger partial charge in [-0.15, -0.1) is 0 Å². The SMILES string of the molecule is COc1cc(C)nc(CN2CCCC2CN)c1. The van der Waals surface area contributed by atoms with E-state index in [4.69, 9.17) is 10.5 Å². The molecular weight excluding hydrogens is 214 g/mol. The summed E-state index contributed by atoms with van der Waals surface area (Å²) in [5, 5.41) is 0. The van der Waals surface area contributed by atoms with Crippen LogP contribution in [0.1, 0.15) is 24.2 Å². The van der Waals surface area contributed by atoms with Crippen LogP contribution in [0, 0.1) is 6.92 Å². The Morgan fingerprint density at radius 3 is 3.06 bits per heavy atom. The Hall–Kier alpha value is -1.13. The van der Waals surface area contributed by atoms with Crippen molar-refractivity contribution >= 4 is 0 Å². The van der Waals surface area contributed by atoms with Gasteiger partial charge in [-0.25, -0.2) is 0 Å². The molecule has 1 aromatic rings. The van der Waals surface area contributed by atoms with E-state index in [0.29, 0.717) is 6.04 Å². The molecule has 0 saturated carbocycles. The van der Waals surface area contributed by atoms with Gasteiger partial charge in [0.1, 0.15) is 5.75 Å². The van der Waals surface area contributed by atoms with Gasteiger partial charge in [0.2, 0.25) is 0 Å². The topological polar surface area (TPSA) is 51.4 Å². The smallest absolute Gasteiger partial charge is 0.122 e. The van der Waals surface area contributed by atoms with E-state index in [1.54, 1.807) is 7.11 Å². The molecule has 2 heterocycles. The Bertz CT molecular complexity index is 381. The van der Waals surface area contributed by atoms with Gasteiger partial charge in [0.15, 0.2) is 0 Å². The number of hydrogen-bond donors (Lipinski definition) is 1. The van der Waals surface area contributed by atoms with E-state index in [9.17, 15) is 0 Å². The lowest BCUT2D eigenvalue weighted by Gasteiger charge is -2.22. The zero-order chi connectivity index (χ0) is 12.3. The summed E-state index contributed by atoms with van der Waals surface area (Å²) >= 11 is 0. The molecule has 0 amide bonds. The average Bonchev–Trinajstić information content (AvgIpc) is 2.75. The third kappa shape index (κ3) is 2.96. The summed E-state index contributed by atoms with van der Waals surface area (Å²) < 4.78 is 5.27. The highest BCUT2D eigenvalue weighted by Crippen LogP contribution is 2.20. The van der Waals surface area contributed by atoms with Crippen molar-refractivity contribution in [1.29, 1.82) is 0 Å². The molecule has 1 aliphatic heterocycles. The van der Waals surface area contributed by atoms with Gasteiger partial charge < -0.3 is 10.5 Å². The maximum atomic E-state index is 5.78. The molecule has 1 atom stereocenters. The van der Waals surface area contributed by atoms with E-state index in [2.05, 4.69) is 9.88 Å². The Morgan fingerprint density at radius 1 is 1.53 bits per heavy atom. The van der Waals surface area contributed by atoms with Gasteiger partial charge in [-0.1, -0.05) is 0 Å². The van der Waals surface area contributed by atoms with Crippen molar-refractivity contribution < 1.29 is 4.74 Å². The van der Waals surface area contributed by atoms with Crippen LogP contribution in [0.4, 0.5) is 0 Å². The van der Waals surface area contributed by atoms with Gasteiger partial charge in [-0.3, -0.25) is 9.88 Å². The number of aryl methyl sites for hydroxylation is 1. The first-order chi connectivity index (χ1) is 8.22. The highest BCUT2D eigenvalue weighted by atomic mass is 16.5. The first-order valence-electron chi connectivity index (χ1n) is 6.18. The molecule has 94 valence electrons. The summed E-state index contributed by atoms with van der Waals surface area (Å²) in [5.41, 5.74) is 7.85. The van der Waals surface area contributed by atoms with Crippen molar-refractivity contribution in [2.24, 2.45) is 5.73 Å². The number of nitrogens with two attached hydrogens (primary N) is 1. The quantitative estimate of drug-likeness (QED) is 0.855. The zero-order valence-corrected chi connectivity index (χ0v) is 10.6. The fourth-order valence-electron chi connectivity index (χ4n) is 2.48. The zero-order valence-electron chi connectivity index (χ0n) is 10.6. The van der Waals surface area contributed by atoms with Crippen molar-refractivity contribution in [3.63, 3.8) is 0 Å². The number of hydrogen-bond acceptors (Lipinski definition) is 4. The Balaban J connectivity index is 2.09. The molecule has 1 fully saturated rings. The first-order valence-corrected chi connectivity index (χ1v) is 6.18. The van der Waals surface area contributed by atoms with Crippen LogP contribution >= 0.6 is 0 Å². The van der Waals surface area contributed by atoms with Crippen LogP contribution in [0.15, 0.2) is 12.1 Å². The van der Waals surface area contributed by atoms with E-state index in [1.807, 2.05) is 19.1 Å². The minimum atomic E-state index is 0.517. The lowest BCUT2D eigenvalue weighted by molar-refractivity contribution is 0.247. The normalized spacial score (nSPS) is 20.8. The largest absolute Gasteiger partial charge is 0.497 e. The molecule has 0 aliphatic carbocycles. The van der Waals surface area contributed by atoms with Gasteiger partial charge in [0, 0.05) is 37.0 Å². The van der Waals surface area contributed by atoms with E-state index < -0.39 is 0 Å². The summed E-state index contributed by atoms with van der Waals surface area (Å²) in [6.45, 7) is 4.74. The van der Waals surface area contributed by atoms with Gasteiger partial charge in [-0.05, 0) is 26.3 Å². The molecule has 1 aliphatic rings. The van der Waals surface area contributed by atoms with Crippen molar-refractivity contribution in [2.75, 3.05) is 20.2 Å². The summed E-state index contributed by atoms with van der Waals surface area (Å²) in [4.78, 5) is 6.97. The van der Waals surface area contributed by atoms with Gasteiger partial charge in [-0.2, -0.15) is 0 Å². The van der Waals surface area contributed by atoms with Crippen molar-refractivity contribution in [3.8, 4) is 5.75 Å². The predicted molar refractivity (Wildman–Crippen MR) is 68.0 cm³/mol. The molecule has 4 heteroatoms. The number of aromatic nitrogens is 1. The molecule has 0 spiro atoms. The van der Waals surface area contributed by atoms with E-state index >= 15 is 0 Å². The number of methoxy groups -OCH3 is 1. The maximum absolute atomic E-state index is 5.78. The molecular formula is C13H21N3O. The van der Waals surface area contributed by atoms with Gasteiger partial charge >= 0.3 is 0 Å².